The zero-order valence-electron chi connectivity index (χ0n) is 18.8. The summed E-state index contributed by atoms with van der Waals surface area (Å²) < 4.78 is 7.03. The number of benzene rings is 1. The molecular weight excluding hydrogens is 492 g/mol. The number of aromatic amines is 1. The summed E-state index contributed by atoms with van der Waals surface area (Å²) in [5.41, 5.74) is 4.08. The zero-order chi connectivity index (χ0) is 26.4. The maximum absolute atomic E-state index is 12.1. The third kappa shape index (κ3) is 4.18. The number of hydrogen-bond acceptors (Lipinski definition) is 13. The van der Waals surface area contributed by atoms with Gasteiger partial charge in [0.05, 0.1) is 11.3 Å². The van der Waals surface area contributed by atoms with E-state index in [0.29, 0.717) is 5.56 Å². The average molecular weight is 512 g/mol. The quantitative estimate of drug-likeness (QED) is 0.0900. The molecule has 0 spiro atoms. The van der Waals surface area contributed by atoms with E-state index in [2.05, 4.69) is 25.6 Å². The van der Waals surface area contributed by atoms with Gasteiger partial charge in [0, 0.05) is 25.2 Å². The summed E-state index contributed by atoms with van der Waals surface area (Å²) in [6.45, 7) is -0.0155. The number of anilines is 3. The van der Waals surface area contributed by atoms with Gasteiger partial charge in [-0.25, -0.2) is 4.98 Å². The monoisotopic (exact) mass is 512 g/mol. The molecular formula is C21H20N8O8. The van der Waals surface area contributed by atoms with E-state index >= 15 is 0 Å². The van der Waals surface area contributed by atoms with Gasteiger partial charge < -0.3 is 31.3 Å². The number of hydrogen-bond donors (Lipinski definition) is 6. The number of nitro groups is 1. The van der Waals surface area contributed by atoms with E-state index in [4.69, 9.17) is 10.5 Å². The second kappa shape index (κ2) is 9.08. The minimum atomic E-state index is -1.43. The minimum Gasteiger partial charge on any atom is -0.387 e. The molecule has 192 valence electrons. The molecule has 16 heteroatoms. The van der Waals surface area contributed by atoms with Gasteiger partial charge in [0.2, 0.25) is 5.95 Å². The van der Waals surface area contributed by atoms with E-state index < -0.39 is 45.9 Å². The van der Waals surface area contributed by atoms with Crippen LogP contribution in [-0.4, -0.2) is 59.5 Å². The van der Waals surface area contributed by atoms with Gasteiger partial charge in [0.1, 0.15) is 29.7 Å². The van der Waals surface area contributed by atoms with Gasteiger partial charge >= 0.3 is 0 Å². The summed E-state index contributed by atoms with van der Waals surface area (Å²) in [5.74, 6) is -0.167. The molecule has 2 aromatic heterocycles. The molecule has 0 amide bonds. The highest BCUT2D eigenvalue weighted by Gasteiger charge is 2.44. The number of nitrogen functional groups attached to an aromatic ring is 1. The van der Waals surface area contributed by atoms with Crippen LogP contribution in [-0.2, 0) is 11.3 Å². The third-order valence-corrected chi connectivity index (χ3v) is 6.07. The lowest BCUT2D eigenvalue weighted by atomic mass is 10.1. The topological polar surface area (TPSA) is 241 Å². The number of nitrogens with zero attached hydrogens (tertiary/aromatic N) is 4. The van der Waals surface area contributed by atoms with E-state index in [1.807, 2.05) is 0 Å². The second-order valence-electron chi connectivity index (χ2n) is 8.39. The second-order valence-corrected chi connectivity index (χ2v) is 8.39. The van der Waals surface area contributed by atoms with Crippen LogP contribution in [0.1, 0.15) is 11.8 Å². The number of rotatable bonds is 8. The van der Waals surface area contributed by atoms with Gasteiger partial charge in [-0.3, -0.25) is 34.0 Å². The SMILES string of the molecule is Nc1nc2c(ncn2[C@@H]2O[C@H](CNc3c(NCc4ccc([N+](=O)[O-])cc4)c(=O)c3=O)[C@@H](O)[C@H]2O)c(=O)[nH]1. The molecule has 0 saturated carbocycles. The smallest absolute Gasteiger partial charge is 0.280 e. The predicted octanol–water partition coefficient (Wildman–Crippen LogP) is -1.45. The first kappa shape index (κ1) is 24.0. The van der Waals surface area contributed by atoms with Crippen LogP contribution < -0.4 is 32.8 Å². The van der Waals surface area contributed by atoms with Crippen molar-refractivity contribution in [1.29, 1.82) is 0 Å². The molecule has 1 aliphatic heterocycles. The van der Waals surface area contributed by atoms with Crippen LogP contribution in [0.5, 0.6) is 0 Å². The molecule has 1 aliphatic rings. The van der Waals surface area contributed by atoms with Crippen LogP contribution in [0.15, 0.2) is 45.0 Å². The molecule has 37 heavy (non-hydrogen) atoms. The standard InChI is InChI=1S/C21H20N8O8/c22-21-26-18-13(19(34)27-21)25-7-28(18)20-17(33)14(30)10(37-20)6-24-12-11(15(31)16(12)32)23-5-8-1-3-9(4-2-8)29(35)36/h1-4,7,10,14,17,20,23-24,30,33H,5-6H2,(H3,22,26,27,34)/t10-,14-,17-,20-/m1/s1. The van der Waals surface area contributed by atoms with Gasteiger partial charge in [-0.05, 0) is 5.56 Å². The molecule has 0 radical (unpaired) electrons. The Balaban J connectivity index is 1.27. The minimum absolute atomic E-state index is 0.0188. The zero-order valence-corrected chi connectivity index (χ0v) is 18.8. The number of nitrogens with two attached hydrogens (primary N) is 1. The Bertz CT molecular complexity index is 1620. The van der Waals surface area contributed by atoms with Crippen LogP contribution in [0.2, 0.25) is 0 Å². The molecule has 5 rings (SSSR count). The van der Waals surface area contributed by atoms with Crippen molar-refractivity contribution in [1.82, 2.24) is 19.5 Å². The Labute approximate surface area is 205 Å². The van der Waals surface area contributed by atoms with Crippen molar-refractivity contribution in [3.05, 3.63) is 77.1 Å². The van der Waals surface area contributed by atoms with E-state index in [9.17, 15) is 34.7 Å². The number of fused-ring (bicyclic) bond motifs is 1. The number of H-pyrrole nitrogens is 1. The highest BCUT2D eigenvalue weighted by molar-refractivity contribution is 5.74. The predicted molar refractivity (Wildman–Crippen MR) is 129 cm³/mol. The number of aliphatic hydroxyl groups is 2. The Kier molecular flexibility index (Phi) is 5.90. The summed E-state index contributed by atoms with van der Waals surface area (Å²) in [4.78, 5) is 56.7. The Morgan fingerprint density at radius 3 is 2.46 bits per heavy atom. The Hall–Kier alpha value is -4.67. The third-order valence-electron chi connectivity index (χ3n) is 6.07. The Morgan fingerprint density at radius 2 is 1.78 bits per heavy atom. The molecule has 0 bridgehead atoms. The number of nitro benzene ring substituents is 1. The average Bonchev–Trinajstić information content (AvgIpc) is 3.41. The molecule has 16 nitrogen and oxygen atoms in total. The number of non-ortho nitro benzene ring substituents is 1. The number of aliphatic hydroxyl groups excluding tert-OH is 2. The van der Waals surface area contributed by atoms with Crippen LogP contribution in [0.3, 0.4) is 0 Å². The molecule has 1 saturated heterocycles. The highest BCUT2D eigenvalue weighted by atomic mass is 16.6. The maximum atomic E-state index is 12.1. The lowest BCUT2D eigenvalue weighted by Gasteiger charge is -2.19. The summed E-state index contributed by atoms with van der Waals surface area (Å²) in [5, 5.41) is 37.5. The first-order valence-corrected chi connectivity index (χ1v) is 10.9. The maximum Gasteiger partial charge on any atom is 0.280 e. The highest BCUT2D eigenvalue weighted by Crippen LogP contribution is 2.31. The number of nitrogens with one attached hydrogen (secondary N) is 3. The van der Waals surface area contributed by atoms with Crippen molar-refractivity contribution >= 4 is 34.2 Å². The molecule has 3 heterocycles. The lowest BCUT2D eigenvalue weighted by molar-refractivity contribution is -0.384. The fraction of sp³-hybridized carbons (Fsp3) is 0.286. The van der Waals surface area contributed by atoms with Gasteiger partial charge in [0.25, 0.3) is 22.1 Å². The summed E-state index contributed by atoms with van der Waals surface area (Å²) >= 11 is 0. The van der Waals surface area contributed by atoms with Gasteiger partial charge in [-0.15, -0.1) is 0 Å². The molecule has 4 atom stereocenters. The van der Waals surface area contributed by atoms with Crippen molar-refractivity contribution < 1.29 is 19.9 Å². The Morgan fingerprint density at radius 1 is 1.11 bits per heavy atom. The number of aromatic nitrogens is 4. The van der Waals surface area contributed by atoms with Crippen molar-refractivity contribution in [2.45, 2.75) is 31.1 Å². The molecule has 4 aromatic rings. The normalized spacial score (nSPS) is 21.5. The van der Waals surface area contributed by atoms with Crippen LogP contribution in [0, 0.1) is 10.1 Å². The van der Waals surface area contributed by atoms with Crippen molar-refractivity contribution in [2.75, 3.05) is 22.9 Å². The van der Waals surface area contributed by atoms with E-state index in [0.717, 1.165) is 0 Å². The first-order chi connectivity index (χ1) is 17.7. The fourth-order valence-corrected chi connectivity index (χ4v) is 4.11. The van der Waals surface area contributed by atoms with Crippen molar-refractivity contribution in [3.63, 3.8) is 0 Å². The van der Waals surface area contributed by atoms with E-state index in [-0.39, 0.29) is 47.3 Å². The van der Waals surface area contributed by atoms with Crippen LogP contribution in [0.25, 0.3) is 11.2 Å². The van der Waals surface area contributed by atoms with Gasteiger partial charge in [-0.1, -0.05) is 12.1 Å². The van der Waals surface area contributed by atoms with Crippen molar-refractivity contribution in [2.24, 2.45) is 0 Å². The molecule has 1 fully saturated rings. The number of ether oxygens (including phenoxy) is 1. The fourth-order valence-electron chi connectivity index (χ4n) is 4.11. The van der Waals surface area contributed by atoms with Crippen LogP contribution >= 0.6 is 0 Å². The molecule has 2 aromatic carbocycles. The summed E-state index contributed by atoms with van der Waals surface area (Å²) in [6.07, 6.45) is -3.77. The van der Waals surface area contributed by atoms with Crippen molar-refractivity contribution in [3.8, 4) is 0 Å². The first-order valence-electron chi connectivity index (χ1n) is 10.9. The summed E-state index contributed by atoms with van der Waals surface area (Å²) in [6, 6.07) is 5.68. The van der Waals surface area contributed by atoms with Gasteiger partial charge in [-0.2, -0.15) is 4.98 Å². The lowest BCUT2D eigenvalue weighted by Crippen LogP contribution is -2.41. The van der Waals surface area contributed by atoms with Crippen LogP contribution in [0.4, 0.5) is 23.0 Å². The van der Waals surface area contributed by atoms with E-state index in [1.54, 1.807) is 0 Å². The summed E-state index contributed by atoms with van der Waals surface area (Å²) in [7, 11) is 0. The van der Waals surface area contributed by atoms with E-state index in [1.165, 1.54) is 35.2 Å². The molecule has 0 unspecified atom stereocenters. The largest absolute Gasteiger partial charge is 0.387 e. The molecule has 7 N–H and O–H groups in total. The van der Waals surface area contributed by atoms with Gasteiger partial charge in [0.15, 0.2) is 17.4 Å². The number of imidazole rings is 1. The molecule has 0 aliphatic carbocycles.